The van der Waals surface area contributed by atoms with Gasteiger partial charge in [-0.1, -0.05) is 49.4 Å². The largest absolute Gasteiger partial charge is 0.298 e. The lowest BCUT2D eigenvalue weighted by molar-refractivity contribution is 0.144. The van der Waals surface area contributed by atoms with Gasteiger partial charge >= 0.3 is 0 Å². The Labute approximate surface area is 186 Å². The van der Waals surface area contributed by atoms with E-state index in [2.05, 4.69) is 29.2 Å². The lowest BCUT2D eigenvalue weighted by Gasteiger charge is -2.37. The Morgan fingerprint density at radius 1 is 0.903 bits per heavy atom. The van der Waals surface area contributed by atoms with Crippen molar-refractivity contribution in [1.29, 1.82) is 0 Å². The number of hydrogen-bond acceptors (Lipinski definition) is 5. The number of piperidine rings is 1. The second-order valence-electron chi connectivity index (χ2n) is 8.89. The Morgan fingerprint density at radius 2 is 1.55 bits per heavy atom. The highest BCUT2D eigenvalue weighted by atomic mass is 32.2. The van der Waals surface area contributed by atoms with Crippen LogP contribution in [-0.2, 0) is 32.5 Å². The molecule has 2 heterocycles. The summed E-state index contributed by atoms with van der Waals surface area (Å²) >= 11 is 0. The molecule has 2 fully saturated rings. The molecule has 31 heavy (non-hydrogen) atoms. The maximum atomic E-state index is 13.4. The summed E-state index contributed by atoms with van der Waals surface area (Å²) in [6.45, 7) is 3.52. The molecular formula is C24H31NO4S2. The molecule has 2 aliphatic heterocycles. The minimum absolute atomic E-state index is 0.0622. The van der Waals surface area contributed by atoms with Crippen LogP contribution in [0.2, 0.25) is 0 Å². The molecule has 0 unspecified atom stereocenters. The first-order chi connectivity index (χ1) is 14.8. The summed E-state index contributed by atoms with van der Waals surface area (Å²) in [7, 11) is -7.10. The minimum Gasteiger partial charge on any atom is -0.298 e. The fourth-order valence-corrected chi connectivity index (χ4v) is 9.79. The van der Waals surface area contributed by atoms with Crippen molar-refractivity contribution in [1.82, 2.24) is 4.90 Å². The van der Waals surface area contributed by atoms with E-state index in [4.69, 9.17) is 0 Å². The van der Waals surface area contributed by atoms with Crippen LogP contribution in [0, 0.1) is 5.92 Å². The lowest BCUT2D eigenvalue weighted by atomic mass is 9.89. The Hall–Kier alpha value is -1.70. The molecule has 0 saturated carbocycles. The average Bonchev–Trinajstić information content (AvgIpc) is 3.11. The van der Waals surface area contributed by atoms with Gasteiger partial charge in [-0.25, -0.2) is 16.8 Å². The van der Waals surface area contributed by atoms with E-state index < -0.39 is 31.0 Å². The van der Waals surface area contributed by atoms with Gasteiger partial charge in [-0.15, -0.1) is 0 Å². The number of aryl methyl sites for hydroxylation is 1. The Bertz CT molecular complexity index is 1090. The van der Waals surface area contributed by atoms with Crippen molar-refractivity contribution in [3.05, 3.63) is 65.7 Å². The Balaban J connectivity index is 1.49. The van der Waals surface area contributed by atoms with Gasteiger partial charge in [0.15, 0.2) is 19.7 Å². The van der Waals surface area contributed by atoms with Crippen LogP contribution >= 0.6 is 0 Å². The molecule has 0 spiro atoms. The van der Waals surface area contributed by atoms with Gasteiger partial charge in [0.1, 0.15) is 0 Å². The van der Waals surface area contributed by atoms with Crippen LogP contribution in [0.1, 0.15) is 30.9 Å². The van der Waals surface area contributed by atoms with Crippen molar-refractivity contribution >= 4 is 19.7 Å². The molecule has 168 valence electrons. The molecule has 2 aromatic rings. The normalized spacial score (nSPS) is 24.9. The standard InChI is InChI=1S/C24H31NO4S2/c1-2-19-8-10-22(11-9-19)31(28,29)24-18-30(26,27)17-23(24)25-14-12-21(13-15-25)16-20-6-4-3-5-7-20/h3-11,21,23-24H,2,12-18H2,1H3/t23-,24-/m1/s1. The smallest absolute Gasteiger partial charge is 0.183 e. The first-order valence-corrected chi connectivity index (χ1v) is 14.5. The van der Waals surface area contributed by atoms with Crippen molar-refractivity contribution < 1.29 is 16.8 Å². The average molecular weight is 462 g/mol. The number of sulfone groups is 2. The van der Waals surface area contributed by atoms with Crippen molar-refractivity contribution in [3.63, 3.8) is 0 Å². The zero-order valence-electron chi connectivity index (χ0n) is 18.0. The van der Waals surface area contributed by atoms with Gasteiger partial charge in [-0.3, -0.25) is 4.90 Å². The SMILES string of the molecule is CCc1ccc(S(=O)(=O)[C@@H]2CS(=O)(=O)C[C@H]2N2CCC(Cc3ccccc3)CC2)cc1. The number of likely N-dealkylation sites (tertiary alicyclic amines) is 1. The molecule has 5 nitrogen and oxygen atoms in total. The van der Waals surface area contributed by atoms with Crippen LogP contribution in [-0.4, -0.2) is 57.6 Å². The molecule has 0 amide bonds. The van der Waals surface area contributed by atoms with Crippen LogP contribution in [0.15, 0.2) is 59.5 Å². The fraction of sp³-hybridized carbons (Fsp3) is 0.500. The third-order valence-corrected chi connectivity index (χ3v) is 11.0. The summed E-state index contributed by atoms with van der Waals surface area (Å²) in [4.78, 5) is 2.35. The monoisotopic (exact) mass is 461 g/mol. The second kappa shape index (κ2) is 9.04. The van der Waals surface area contributed by atoms with Gasteiger partial charge < -0.3 is 0 Å². The molecule has 7 heteroatoms. The van der Waals surface area contributed by atoms with Gasteiger partial charge in [0.05, 0.1) is 21.7 Å². The zero-order valence-corrected chi connectivity index (χ0v) is 19.6. The highest BCUT2D eigenvalue weighted by molar-refractivity contribution is 7.96. The van der Waals surface area contributed by atoms with Crippen LogP contribution in [0.4, 0.5) is 0 Å². The van der Waals surface area contributed by atoms with Crippen molar-refractivity contribution in [2.45, 2.75) is 48.8 Å². The number of hydrogen-bond donors (Lipinski definition) is 0. The van der Waals surface area contributed by atoms with E-state index in [9.17, 15) is 16.8 Å². The number of nitrogens with zero attached hydrogens (tertiary/aromatic N) is 1. The quantitative estimate of drug-likeness (QED) is 0.661. The minimum atomic E-state index is -3.72. The summed E-state index contributed by atoms with van der Waals surface area (Å²) in [6.07, 6.45) is 3.77. The lowest BCUT2D eigenvalue weighted by Crippen LogP contribution is -2.49. The maximum absolute atomic E-state index is 13.4. The Kier molecular flexibility index (Phi) is 6.56. The number of rotatable bonds is 6. The summed E-state index contributed by atoms with van der Waals surface area (Å²) in [5.41, 5.74) is 2.38. The van der Waals surface area contributed by atoms with Gasteiger partial charge in [0, 0.05) is 6.04 Å². The van der Waals surface area contributed by atoms with E-state index >= 15 is 0 Å². The molecule has 0 bridgehead atoms. The predicted octanol–water partition coefficient (Wildman–Crippen LogP) is 3.14. The van der Waals surface area contributed by atoms with E-state index in [-0.39, 0.29) is 16.4 Å². The highest BCUT2D eigenvalue weighted by Crippen LogP contribution is 2.32. The third kappa shape index (κ3) is 5.04. The molecule has 2 aromatic carbocycles. The maximum Gasteiger partial charge on any atom is 0.183 e. The highest BCUT2D eigenvalue weighted by Gasteiger charge is 2.48. The van der Waals surface area contributed by atoms with Crippen LogP contribution < -0.4 is 0 Å². The molecule has 0 aliphatic carbocycles. The first kappa shape index (κ1) is 22.5. The van der Waals surface area contributed by atoms with E-state index in [0.717, 1.165) is 44.3 Å². The molecule has 4 rings (SSSR count). The van der Waals surface area contributed by atoms with Crippen molar-refractivity contribution in [2.75, 3.05) is 24.6 Å². The van der Waals surface area contributed by atoms with Gasteiger partial charge in [-0.05, 0) is 68.0 Å². The molecule has 0 aromatic heterocycles. The molecule has 2 atom stereocenters. The molecular weight excluding hydrogens is 430 g/mol. The van der Waals surface area contributed by atoms with E-state index in [1.54, 1.807) is 12.1 Å². The molecule has 0 radical (unpaired) electrons. The fourth-order valence-electron chi connectivity index (χ4n) is 4.96. The molecule has 0 N–H and O–H groups in total. The summed E-state index contributed by atoms with van der Waals surface area (Å²) in [5, 5.41) is -0.893. The van der Waals surface area contributed by atoms with Crippen LogP contribution in [0.5, 0.6) is 0 Å². The summed E-state index contributed by atoms with van der Waals surface area (Å²) in [5.74, 6) is 0.209. The van der Waals surface area contributed by atoms with E-state index in [1.807, 2.05) is 25.1 Å². The topological polar surface area (TPSA) is 71.5 Å². The van der Waals surface area contributed by atoms with E-state index in [0.29, 0.717) is 5.92 Å². The third-order valence-electron chi connectivity index (χ3n) is 6.82. The van der Waals surface area contributed by atoms with Crippen LogP contribution in [0.25, 0.3) is 0 Å². The van der Waals surface area contributed by atoms with Gasteiger partial charge in [0.25, 0.3) is 0 Å². The van der Waals surface area contributed by atoms with Gasteiger partial charge in [-0.2, -0.15) is 0 Å². The molecule has 2 saturated heterocycles. The van der Waals surface area contributed by atoms with Gasteiger partial charge in [0.2, 0.25) is 0 Å². The predicted molar refractivity (Wildman–Crippen MR) is 124 cm³/mol. The van der Waals surface area contributed by atoms with Crippen LogP contribution in [0.3, 0.4) is 0 Å². The summed E-state index contributed by atoms with van der Waals surface area (Å²) in [6, 6.07) is 16.8. The van der Waals surface area contributed by atoms with E-state index in [1.165, 1.54) is 5.56 Å². The first-order valence-electron chi connectivity index (χ1n) is 11.1. The molecule has 2 aliphatic rings. The van der Waals surface area contributed by atoms with Crippen molar-refractivity contribution in [2.24, 2.45) is 5.92 Å². The summed E-state index contributed by atoms with van der Waals surface area (Å²) < 4.78 is 51.8. The second-order valence-corrected chi connectivity index (χ2v) is 13.2. The Morgan fingerprint density at radius 3 is 2.16 bits per heavy atom. The zero-order chi connectivity index (χ0) is 22.1. The van der Waals surface area contributed by atoms with Crippen molar-refractivity contribution in [3.8, 4) is 0 Å². The number of benzene rings is 2.